The van der Waals surface area contributed by atoms with E-state index in [9.17, 15) is 13.2 Å². The quantitative estimate of drug-likeness (QED) is 0.768. The Bertz CT molecular complexity index is 888. The normalized spacial score (nSPS) is 17.1. The maximum atomic E-state index is 13.0. The predicted octanol–water partition coefficient (Wildman–Crippen LogP) is 2.99. The number of aromatic nitrogens is 1. The highest BCUT2D eigenvalue weighted by Gasteiger charge is 2.48. The van der Waals surface area contributed by atoms with E-state index in [-0.39, 0.29) is 4.21 Å². The van der Waals surface area contributed by atoms with E-state index < -0.39 is 21.5 Å². The lowest BCUT2D eigenvalue weighted by Crippen LogP contribution is -2.56. The second-order valence-corrected chi connectivity index (χ2v) is 10.2. The maximum Gasteiger partial charge on any atom is 0.254 e. The van der Waals surface area contributed by atoms with E-state index in [2.05, 4.69) is 20.9 Å². The van der Waals surface area contributed by atoms with Crippen molar-refractivity contribution in [2.75, 3.05) is 7.05 Å². The third-order valence-corrected chi connectivity index (χ3v) is 8.62. The van der Waals surface area contributed by atoms with Gasteiger partial charge in [0.2, 0.25) is 5.91 Å². The van der Waals surface area contributed by atoms with Gasteiger partial charge in [0.05, 0.1) is 6.20 Å². The fraction of sp³-hybridized carbons (Fsp3) is 0.375. The highest BCUT2D eigenvalue weighted by molar-refractivity contribution is 9.10. The Morgan fingerprint density at radius 3 is 2.44 bits per heavy atom. The fourth-order valence-electron chi connectivity index (χ4n) is 3.15. The largest absolute Gasteiger partial charge is 0.368 e. The van der Waals surface area contributed by atoms with Crippen molar-refractivity contribution in [1.82, 2.24) is 9.29 Å². The highest BCUT2D eigenvalue weighted by Crippen LogP contribution is 2.39. The van der Waals surface area contributed by atoms with E-state index >= 15 is 0 Å². The molecule has 0 bridgehead atoms. The van der Waals surface area contributed by atoms with Crippen molar-refractivity contribution in [3.63, 3.8) is 0 Å². The number of primary amides is 1. The van der Waals surface area contributed by atoms with E-state index in [0.717, 1.165) is 38.5 Å². The van der Waals surface area contributed by atoms with Crippen LogP contribution in [0.1, 0.15) is 25.7 Å². The van der Waals surface area contributed by atoms with Crippen molar-refractivity contribution in [3.8, 4) is 10.6 Å². The fourth-order valence-corrected chi connectivity index (χ4v) is 6.25. The highest BCUT2D eigenvalue weighted by atomic mass is 79.9. The molecule has 3 rings (SSSR count). The van der Waals surface area contributed by atoms with Crippen molar-refractivity contribution in [2.45, 2.75) is 35.4 Å². The molecule has 1 saturated carbocycles. The standard InChI is InChI=1S/C16H18BrN3O3S2/c1-20(16(15(18)21)8-2-3-9-16)25(22,23)13-10-19-14(24-13)11-4-6-12(17)7-5-11/h4-7,10H,2-3,8-9H2,1H3,(H2,18,21). The number of sulfonamides is 1. The van der Waals surface area contributed by atoms with E-state index in [0.29, 0.717) is 17.8 Å². The van der Waals surface area contributed by atoms with Gasteiger partial charge < -0.3 is 5.73 Å². The molecule has 0 radical (unpaired) electrons. The molecule has 0 unspecified atom stereocenters. The van der Waals surface area contributed by atoms with Crippen molar-refractivity contribution >= 4 is 43.2 Å². The Kier molecular flexibility index (Phi) is 5.02. The summed E-state index contributed by atoms with van der Waals surface area (Å²) in [5.41, 5.74) is 5.25. The summed E-state index contributed by atoms with van der Waals surface area (Å²) >= 11 is 4.46. The topological polar surface area (TPSA) is 93.4 Å². The predicted molar refractivity (Wildman–Crippen MR) is 101 cm³/mol. The molecular weight excluding hydrogens is 426 g/mol. The first kappa shape index (κ1) is 18.5. The summed E-state index contributed by atoms with van der Waals surface area (Å²) < 4.78 is 28.2. The molecule has 0 aliphatic heterocycles. The van der Waals surface area contributed by atoms with E-state index in [1.807, 2.05) is 24.3 Å². The number of nitrogens with zero attached hydrogens (tertiary/aromatic N) is 2. The van der Waals surface area contributed by atoms with Crippen LogP contribution in [0.4, 0.5) is 0 Å². The van der Waals surface area contributed by atoms with E-state index in [4.69, 9.17) is 5.73 Å². The first-order valence-corrected chi connectivity index (χ1v) is 10.8. The average Bonchev–Trinajstić information content (AvgIpc) is 3.25. The zero-order chi connectivity index (χ0) is 18.2. The van der Waals surface area contributed by atoms with Gasteiger partial charge in [-0.05, 0) is 25.0 Å². The number of carbonyl (C=O) groups is 1. The van der Waals surface area contributed by atoms with Gasteiger partial charge in [0, 0.05) is 17.1 Å². The molecule has 6 nitrogen and oxygen atoms in total. The maximum absolute atomic E-state index is 13.0. The van der Waals surface area contributed by atoms with Crippen LogP contribution in [0.5, 0.6) is 0 Å². The van der Waals surface area contributed by atoms with Crippen LogP contribution in [0.15, 0.2) is 39.1 Å². The smallest absolute Gasteiger partial charge is 0.254 e. The molecule has 0 spiro atoms. The molecule has 1 aliphatic carbocycles. The van der Waals surface area contributed by atoms with Crippen molar-refractivity contribution in [1.29, 1.82) is 0 Å². The molecule has 1 fully saturated rings. The summed E-state index contributed by atoms with van der Waals surface area (Å²) in [4.78, 5) is 16.2. The zero-order valence-corrected chi connectivity index (χ0v) is 16.8. The summed E-state index contributed by atoms with van der Waals surface area (Å²) in [5.74, 6) is -0.589. The van der Waals surface area contributed by atoms with Gasteiger partial charge in [0.1, 0.15) is 10.5 Å². The molecule has 1 heterocycles. The summed E-state index contributed by atoms with van der Waals surface area (Å²) in [5, 5.41) is 0.610. The minimum absolute atomic E-state index is 0.112. The van der Waals surface area contributed by atoms with Gasteiger partial charge in [-0.25, -0.2) is 13.4 Å². The van der Waals surface area contributed by atoms with Gasteiger partial charge in [-0.15, -0.1) is 11.3 Å². The van der Waals surface area contributed by atoms with Gasteiger partial charge in [-0.2, -0.15) is 4.31 Å². The Balaban J connectivity index is 1.95. The molecule has 2 aromatic rings. The van der Waals surface area contributed by atoms with Crippen LogP contribution in [0.3, 0.4) is 0 Å². The zero-order valence-electron chi connectivity index (χ0n) is 13.6. The Morgan fingerprint density at radius 1 is 1.28 bits per heavy atom. The number of hydrogen-bond donors (Lipinski definition) is 1. The van der Waals surface area contributed by atoms with Gasteiger partial charge in [-0.1, -0.05) is 40.9 Å². The summed E-state index contributed by atoms with van der Waals surface area (Å²) in [6.07, 6.45) is 3.83. The SMILES string of the molecule is CN(C1(C(N)=O)CCCC1)S(=O)(=O)c1cnc(-c2ccc(Br)cc2)s1. The number of halogens is 1. The number of carbonyl (C=O) groups excluding carboxylic acids is 1. The lowest BCUT2D eigenvalue weighted by Gasteiger charge is -2.34. The average molecular weight is 444 g/mol. The van der Waals surface area contributed by atoms with Crippen LogP contribution >= 0.6 is 27.3 Å². The van der Waals surface area contributed by atoms with E-state index in [1.165, 1.54) is 13.2 Å². The molecule has 1 aromatic heterocycles. The number of benzene rings is 1. The Morgan fingerprint density at radius 2 is 1.88 bits per heavy atom. The third-order valence-electron chi connectivity index (χ3n) is 4.68. The lowest BCUT2D eigenvalue weighted by atomic mass is 9.97. The number of nitrogens with two attached hydrogens (primary N) is 1. The molecule has 1 aliphatic rings. The summed E-state index contributed by atoms with van der Waals surface area (Å²) in [7, 11) is -2.41. The van der Waals surface area contributed by atoms with Crippen LogP contribution in [-0.4, -0.2) is 36.2 Å². The first-order valence-electron chi connectivity index (χ1n) is 7.78. The molecule has 1 amide bonds. The Labute approximate surface area is 159 Å². The number of hydrogen-bond acceptors (Lipinski definition) is 5. The molecular formula is C16H18BrN3O3S2. The van der Waals surface area contributed by atoms with Gasteiger partial charge in [-0.3, -0.25) is 4.79 Å². The molecule has 2 N–H and O–H groups in total. The second kappa shape index (κ2) is 6.79. The van der Waals surface area contributed by atoms with Crippen molar-refractivity contribution in [2.24, 2.45) is 5.73 Å². The number of likely N-dealkylation sites (N-methyl/N-ethyl adjacent to an activating group) is 1. The second-order valence-electron chi connectivity index (χ2n) is 6.07. The van der Waals surface area contributed by atoms with Gasteiger partial charge >= 0.3 is 0 Å². The molecule has 1 aromatic carbocycles. The van der Waals surface area contributed by atoms with Crippen LogP contribution in [0.2, 0.25) is 0 Å². The minimum atomic E-state index is -3.84. The third kappa shape index (κ3) is 3.25. The van der Waals surface area contributed by atoms with Crippen LogP contribution in [0.25, 0.3) is 10.6 Å². The molecule has 0 atom stereocenters. The van der Waals surface area contributed by atoms with Gasteiger partial charge in [0.15, 0.2) is 4.21 Å². The summed E-state index contributed by atoms with van der Waals surface area (Å²) in [6.45, 7) is 0. The van der Waals surface area contributed by atoms with Crippen LogP contribution < -0.4 is 5.73 Å². The summed E-state index contributed by atoms with van der Waals surface area (Å²) in [6, 6.07) is 7.48. The van der Waals surface area contributed by atoms with Crippen molar-refractivity contribution < 1.29 is 13.2 Å². The number of amides is 1. The van der Waals surface area contributed by atoms with Crippen molar-refractivity contribution in [3.05, 3.63) is 34.9 Å². The van der Waals surface area contributed by atoms with E-state index in [1.54, 1.807) is 0 Å². The Hall–Kier alpha value is -1.29. The molecule has 9 heteroatoms. The van der Waals surface area contributed by atoms with Gasteiger partial charge in [0.25, 0.3) is 10.0 Å². The number of thiazole rings is 1. The number of rotatable bonds is 5. The minimum Gasteiger partial charge on any atom is -0.368 e. The molecule has 134 valence electrons. The molecule has 25 heavy (non-hydrogen) atoms. The van der Waals surface area contributed by atoms with Crippen LogP contribution in [-0.2, 0) is 14.8 Å². The molecule has 0 saturated heterocycles. The monoisotopic (exact) mass is 443 g/mol. The lowest BCUT2D eigenvalue weighted by molar-refractivity contribution is -0.126. The van der Waals surface area contributed by atoms with Crippen LogP contribution in [0, 0.1) is 0 Å². The first-order chi connectivity index (χ1) is 11.8.